The van der Waals surface area contributed by atoms with E-state index in [0.717, 1.165) is 16.9 Å². The van der Waals surface area contributed by atoms with Gasteiger partial charge in [0.1, 0.15) is 4.88 Å². The van der Waals surface area contributed by atoms with Crippen molar-refractivity contribution in [3.8, 4) is 11.3 Å². The Kier molecular flexibility index (Phi) is 5.53. The maximum Gasteiger partial charge on any atom is 0.350 e. The monoisotopic (exact) mass is 382 g/mol. The number of carbonyl (C=O) groups excluding carboxylic acids is 1. The number of rotatable bonds is 6. The number of thiazole rings is 1. The number of methoxy groups -OCH3 is 1. The Labute approximate surface area is 158 Å². The first-order valence-corrected chi connectivity index (χ1v) is 8.59. The second kappa shape index (κ2) is 8.19. The molecule has 0 atom stereocenters. The van der Waals surface area contributed by atoms with E-state index in [1.807, 2.05) is 30.3 Å². The van der Waals surface area contributed by atoms with Crippen LogP contribution < -0.4 is 5.43 Å². The number of nitro groups is 1. The van der Waals surface area contributed by atoms with E-state index in [9.17, 15) is 14.9 Å². The van der Waals surface area contributed by atoms with Crippen LogP contribution in [0.5, 0.6) is 0 Å². The van der Waals surface area contributed by atoms with Gasteiger partial charge in [-0.05, 0) is 6.07 Å². The first kappa shape index (κ1) is 18.2. The summed E-state index contributed by atoms with van der Waals surface area (Å²) in [6.45, 7) is 0. The smallest absolute Gasteiger partial charge is 0.350 e. The van der Waals surface area contributed by atoms with Gasteiger partial charge in [-0.1, -0.05) is 53.8 Å². The molecule has 0 bridgehead atoms. The molecule has 1 aromatic heterocycles. The van der Waals surface area contributed by atoms with E-state index in [-0.39, 0.29) is 5.69 Å². The van der Waals surface area contributed by atoms with Crippen molar-refractivity contribution in [2.75, 3.05) is 12.5 Å². The summed E-state index contributed by atoms with van der Waals surface area (Å²) in [5, 5.41) is 15.4. The van der Waals surface area contributed by atoms with Crippen molar-refractivity contribution in [1.82, 2.24) is 4.98 Å². The summed E-state index contributed by atoms with van der Waals surface area (Å²) in [6.07, 6.45) is 1.33. The lowest BCUT2D eigenvalue weighted by atomic mass is 10.1. The van der Waals surface area contributed by atoms with Gasteiger partial charge < -0.3 is 4.74 Å². The van der Waals surface area contributed by atoms with E-state index in [1.54, 1.807) is 18.2 Å². The summed E-state index contributed by atoms with van der Waals surface area (Å²) in [4.78, 5) is 27.3. The summed E-state index contributed by atoms with van der Waals surface area (Å²) >= 11 is 1.09. The third-order valence-electron chi connectivity index (χ3n) is 3.54. The van der Waals surface area contributed by atoms with Gasteiger partial charge >= 0.3 is 5.97 Å². The van der Waals surface area contributed by atoms with Gasteiger partial charge in [0, 0.05) is 11.6 Å². The molecule has 136 valence electrons. The molecule has 3 aromatic rings. The maximum absolute atomic E-state index is 12.0. The SMILES string of the molecule is COC(=O)c1sc(N/N=C\c2ccccc2[N+](=O)[O-])nc1-c1ccccc1. The van der Waals surface area contributed by atoms with Gasteiger partial charge in [0.25, 0.3) is 5.69 Å². The average molecular weight is 382 g/mol. The fourth-order valence-electron chi connectivity index (χ4n) is 2.31. The number of nitro benzene ring substituents is 1. The standard InChI is InChI=1S/C18H14N4O4S/c1-26-17(23)16-15(12-7-3-2-4-8-12)20-18(27-16)21-19-11-13-9-5-6-10-14(13)22(24)25/h2-11H,1H3,(H,20,21)/b19-11-. The fraction of sp³-hybridized carbons (Fsp3) is 0.0556. The fourth-order valence-corrected chi connectivity index (χ4v) is 3.17. The molecule has 1 N–H and O–H groups in total. The zero-order valence-electron chi connectivity index (χ0n) is 14.2. The van der Waals surface area contributed by atoms with Crippen LogP contribution in [0.2, 0.25) is 0 Å². The van der Waals surface area contributed by atoms with Crippen LogP contribution in [-0.4, -0.2) is 29.2 Å². The molecule has 0 fully saturated rings. The molecular formula is C18H14N4O4S. The van der Waals surface area contributed by atoms with Crippen LogP contribution in [-0.2, 0) is 4.74 Å². The zero-order chi connectivity index (χ0) is 19.2. The van der Waals surface area contributed by atoms with Gasteiger partial charge in [-0.3, -0.25) is 15.5 Å². The molecule has 0 aliphatic rings. The highest BCUT2D eigenvalue weighted by Gasteiger charge is 2.20. The molecule has 0 radical (unpaired) electrons. The molecule has 0 unspecified atom stereocenters. The van der Waals surface area contributed by atoms with Crippen LogP contribution in [0, 0.1) is 10.1 Å². The van der Waals surface area contributed by atoms with E-state index < -0.39 is 10.9 Å². The lowest BCUT2D eigenvalue weighted by Crippen LogP contribution is -2.00. The number of hydrogen-bond donors (Lipinski definition) is 1. The van der Waals surface area contributed by atoms with Gasteiger partial charge in [-0.15, -0.1) is 0 Å². The quantitative estimate of drug-likeness (QED) is 0.299. The Morgan fingerprint density at radius 3 is 2.63 bits per heavy atom. The van der Waals surface area contributed by atoms with Crippen LogP contribution in [0.3, 0.4) is 0 Å². The average Bonchev–Trinajstić information content (AvgIpc) is 3.12. The van der Waals surface area contributed by atoms with Gasteiger partial charge in [-0.2, -0.15) is 5.10 Å². The number of ether oxygens (including phenoxy) is 1. The molecule has 8 nitrogen and oxygen atoms in total. The molecule has 1 heterocycles. The molecule has 0 aliphatic carbocycles. The number of aromatic nitrogens is 1. The Balaban J connectivity index is 1.87. The number of carbonyl (C=O) groups is 1. The van der Waals surface area contributed by atoms with Crippen LogP contribution >= 0.6 is 11.3 Å². The van der Waals surface area contributed by atoms with Gasteiger partial charge in [-0.25, -0.2) is 9.78 Å². The number of nitrogens with one attached hydrogen (secondary N) is 1. The van der Waals surface area contributed by atoms with Gasteiger partial charge in [0.15, 0.2) is 0 Å². The van der Waals surface area contributed by atoms with Gasteiger partial charge in [0.05, 0.1) is 29.5 Å². The van der Waals surface area contributed by atoms with Crippen molar-refractivity contribution in [2.45, 2.75) is 0 Å². The highest BCUT2D eigenvalue weighted by atomic mass is 32.1. The van der Waals surface area contributed by atoms with E-state index in [0.29, 0.717) is 21.3 Å². The van der Waals surface area contributed by atoms with E-state index in [1.165, 1.54) is 19.4 Å². The number of nitrogens with zero attached hydrogens (tertiary/aromatic N) is 3. The number of hydrazone groups is 1. The molecule has 0 saturated carbocycles. The minimum absolute atomic E-state index is 0.0533. The molecule has 2 aromatic carbocycles. The summed E-state index contributed by atoms with van der Waals surface area (Å²) in [5.41, 5.74) is 4.26. The minimum Gasteiger partial charge on any atom is -0.465 e. The number of anilines is 1. The van der Waals surface area contributed by atoms with Crippen LogP contribution in [0.15, 0.2) is 59.7 Å². The van der Waals surface area contributed by atoms with E-state index in [4.69, 9.17) is 4.74 Å². The Hall–Kier alpha value is -3.59. The molecule has 0 saturated heterocycles. The molecule has 0 aliphatic heterocycles. The molecule has 3 rings (SSSR count). The summed E-state index contributed by atoms with van der Waals surface area (Å²) in [7, 11) is 1.30. The van der Waals surface area contributed by atoms with Crippen molar-refractivity contribution in [3.63, 3.8) is 0 Å². The van der Waals surface area contributed by atoms with Crippen molar-refractivity contribution < 1.29 is 14.5 Å². The molecule has 27 heavy (non-hydrogen) atoms. The second-order valence-electron chi connectivity index (χ2n) is 5.24. The number of hydrogen-bond acceptors (Lipinski definition) is 8. The summed E-state index contributed by atoms with van der Waals surface area (Å²) in [5.74, 6) is -0.498. The maximum atomic E-state index is 12.0. The lowest BCUT2D eigenvalue weighted by molar-refractivity contribution is -0.385. The van der Waals surface area contributed by atoms with Crippen LogP contribution in [0.25, 0.3) is 11.3 Å². The number of para-hydroxylation sites is 1. The first-order chi connectivity index (χ1) is 13.1. The summed E-state index contributed by atoms with van der Waals surface area (Å²) in [6, 6.07) is 15.5. The van der Waals surface area contributed by atoms with Crippen LogP contribution in [0.4, 0.5) is 10.8 Å². The normalized spacial score (nSPS) is 10.7. The molecule has 0 spiro atoms. The topological polar surface area (TPSA) is 107 Å². The van der Waals surface area contributed by atoms with Crippen molar-refractivity contribution in [2.24, 2.45) is 5.10 Å². The van der Waals surface area contributed by atoms with Crippen molar-refractivity contribution in [1.29, 1.82) is 0 Å². The highest BCUT2D eigenvalue weighted by Crippen LogP contribution is 2.31. The summed E-state index contributed by atoms with van der Waals surface area (Å²) < 4.78 is 4.82. The van der Waals surface area contributed by atoms with Crippen molar-refractivity contribution in [3.05, 3.63) is 75.2 Å². The van der Waals surface area contributed by atoms with E-state index in [2.05, 4.69) is 15.5 Å². The third kappa shape index (κ3) is 4.15. The predicted octanol–water partition coefficient (Wildman–Crippen LogP) is 3.95. The Morgan fingerprint density at radius 1 is 1.22 bits per heavy atom. The number of benzene rings is 2. The first-order valence-electron chi connectivity index (χ1n) is 7.77. The lowest BCUT2D eigenvalue weighted by Gasteiger charge is -1.99. The van der Waals surface area contributed by atoms with Crippen molar-refractivity contribution >= 4 is 34.3 Å². The predicted molar refractivity (Wildman–Crippen MR) is 103 cm³/mol. The Morgan fingerprint density at radius 2 is 1.93 bits per heavy atom. The van der Waals surface area contributed by atoms with Crippen LogP contribution in [0.1, 0.15) is 15.2 Å². The minimum atomic E-state index is -0.498. The third-order valence-corrected chi connectivity index (χ3v) is 4.48. The highest BCUT2D eigenvalue weighted by molar-refractivity contribution is 7.17. The number of esters is 1. The van der Waals surface area contributed by atoms with E-state index >= 15 is 0 Å². The molecule has 0 amide bonds. The van der Waals surface area contributed by atoms with Gasteiger partial charge in [0.2, 0.25) is 5.13 Å². The Bertz CT molecular complexity index is 1000. The molecular weight excluding hydrogens is 368 g/mol. The zero-order valence-corrected chi connectivity index (χ0v) is 15.0. The second-order valence-corrected chi connectivity index (χ2v) is 6.24. The largest absolute Gasteiger partial charge is 0.465 e. The molecule has 9 heteroatoms.